The lowest BCUT2D eigenvalue weighted by Crippen LogP contribution is -2.39. The zero-order valence-corrected chi connectivity index (χ0v) is 9.78. The number of hydrogen-bond donors (Lipinski definition) is 2. The van der Waals surface area contributed by atoms with Crippen LogP contribution in [0.4, 0.5) is 4.79 Å². The number of rotatable bonds is 2. The van der Waals surface area contributed by atoms with Crippen molar-refractivity contribution in [2.75, 3.05) is 13.1 Å². The molecule has 0 spiro atoms. The van der Waals surface area contributed by atoms with Crippen LogP contribution in [0.2, 0.25) is 0 Å². The van der Waals surface area contributed by atoms with Gasteiger partial charge in [-0.25, -0.2) is 9.78 Å². The summed E-state index contributed by atoms with van der Waals surface area (Å²) in [5.74, 6) is 0.112. The molecule has 1 saturated heterocycles. The Hall–Kier alpha value is -1.56. The van der Waals surface area contributed by atoms with E-state index < -0.39 is 12.2 Å². The predicted molar refractivity (Wildman–Crippen MR) is 60.5 cm³/mol. The lowest BCUT2D eigenvalue weighted by atomic mass is 9.90. The number of nitrogens with zero attached hydrogens (tertiary/aromatic N) is 3. The van der Waals surface area contributed by atoms with Crippen molar-refractivity contribution in [2.24, 2.45) is 13.0 Å². The number of amides is 1. The normalized spacial score (nSPS) is 19.3. The highest BCUT2D eigenvalue weighted by molar-refractivity contribution is 5.64. The number of carboxylic acid groups (broad SMARTS) is 1. The standard InChI is InChI=1S/C11H17N3O3/c1-13-7-12-6-9(13)10(15)8-2-4-14(5-3-8)11(16)17/h6-8,10,15H,2-5H2,1H3,(H,16,17). The summed E-state index contributed by atoms with van der Waals surface area (Å²) in [5, 5.41) is 19.1. The van der Waals surface area contributed by atoms with E-state index in [1.165, 1.54) is 4.90 Å². The third kappa shape index (κ3) is 2.41. The van der Waals surface area contributed by atoms with E-state index in [9.17, 15) is 9.90 Å². The van der Waals surface area contributed by atoms with Crippen molar-refractivity contribution in [1.29, 1.82) is 0 Å². The molecule has 0 radical (unpaired) electrons. The molecule has 1 fully saturated rings. The van der Waals surface area contributed by atoms with Gasteiger partial charge < -0.3 is 19.7 Å². The first-order chi connectivity index (χ1) is 8.09. The molecule has 1 amide bonds. The Morgan fingerprint density at radius 3 is 2.65 bits per heavy atom. The van der Waals surface area contributed by atoms with Gasteiger partial charge in [0.2, 0.25) is 0 Å². The van der Waals surface area contributed by atoms with Crippen molar-refractivity contribution in [3.63, 3.8) is 0 Å². The molecule has 0 aliphatic carbocycles. The van der Waals surface area contributed by atoms with Crippen LogP contribution in [0.25, 0.3) is 0 Å². The molecule has 94 valence electrons. The number of imidazole rings is 1. The number of hydrogen-bond acceptors (Lipinski definition) is 3. The molecule has 1 aromatic heterocycles. The average molecular weight is 239 g/mol. The van der Waals surface area contributed by atoms with Gasteiger partial charge in [0.1, 0.15) is 0 Å². The van der Waals surface area contributed by atoms with Gasteiger partial charge in [0.15, 0.2) is 0 Å². The van der Waals surface area contributed by atoms with Crippen LogP contribution in [0.5, 0.6) is 0 Å². The van der Waals surface area contributed by atoms with Crippen LogP contribution in [0, 0.1) is 5.92 Å². The molecule has 1 aromatic rings. The number of carbonyl (C=O) groups is 1. The largest absolute Gasteiger partial charge is 0.465 e. The number of aliphatic hydroxyl groups excluding tert-OH is 1. The quantitative estimate of drug-likeness (QED) is 0.801. The third-order valence-corrected chi connectivity index (χ3v) is 3.41. The van der Waals surface area contributed by atoms with E-state index in [0.29, 0.717) is 25.9 Å². The van der Waals surface area contributed by atoms with Crippen molar-refractivity contribution < 1.29 is 15.0 Å². The number of aryl methyl sites for hydroxylation is 1. The fourth-order valence-electron chi connectivity index (χ4n) is 2.30. The molecule has 1 aliphatic heterocycles. The molecule has 0 saturated carbocycles. The molecule has 6 nitrogen and oxygen atoms in total. The molecule has 6 heteroatoms. The van der Waals surface area contributed by atoms with Gasteiger partial charge in [-0.3, -0.25) is 0 Å². The second kappa shape index (κ2) is 4.75. The summed E-state index contributed by atoms with van der Waals surface area (Å²) in [7, 11) is 1.85. The summed E-state index contributed by atoms with van der Waals surface area (Å²) < 4.78 is 1.80. The van der Waals surface area contributed by atoms with E-state index in [4.69, 9.17) is 5.11 Å². The van der Waals surface area contributed by atoms with Crippen molar-refractivity contribution >= 4 is 6.09 Å². The molecule has 0 bridgehead atoms. The van der Waals surface area contributed by atoms with Crippen LogP contribution in [0.3, 0.4) is 0 Å². The van der Waals surface area contributed by atoms with Gasteiger partial charge in [-0.2, -0.15) is 0 Å². The van der Waals surface area contributed by atoms with Crippen LogP contribution in [-0.2, 0) is 7.05 Å². The van der Waals surface area contributed by atoms with Crippen molar-refractivity contribution in [3.05, 3.63) is 18.2 Å². The van der Waals surface area contributed by atoms with Gasteiger partial charge in [-0.15, -0.1) is 0 Å². The van der Waals surface area contributed by atoms with Crippen LogP contribution in [-0.4, -0.2) is 43.8 Å². The molecule has 2 rings (SSSR count). The fraction of sp³-hybridized carbons (Fsp3) is 0.636. The van der Waals surface area contributed by atoms with Gasteiger partial charge in [0.05, 0.1) is 24.3 Å². The molecule has 2 heterocycles. The van der Waals surface area contributed by atoms with Crippen molar-refractivity contribution in [2.45, 2.75) is 18.9 Å². The SMILES string of the molecule is Cn1cncc1C(O)C1CCN(C(=O)O)CC1. The van der Waals surface area contributed by atoms with Crippen molar-refractivity contribution in [1.82, 2.24) is 14.5 Å². The van der Waals surface area contributed by atoms with Gasteiger partial charge in [-0.1, -0.05) is 0 Å². The summed E-state index contributed by atoms with van der Waals surface area (Å²) in [6.07, 6.45) is 3.27. The van der Waals surface area contributed by atoms with Crippen LogP contribution in [0.1, 0.15) is 24.6 Å². The molecule has 1 unspecified atom stereocenters. The first-order valence-electron chi connectivity index (χ1n) is 5.71. The fourth-order valence-corrected chi connectivity index (χ4v) is 2.30. The Balaban J connectivity index is 1.97. The first-order valence-corrected chi connectivity index (χ1v) is 5.71. The zero-order valence-electron chi connectivity index (χ0n) is 9.78. The van der Waals surface area contributed by atoms with E-state index in [1.54, 1.807) is 17.1 Å². The Morgan fingerprint density at radius 1 is 1.53 bits per heavy atom. The lowest BCUT2D eigenvalue weighted by molar-refractivity contribution is 0.0533. The van der Waals surface area contributed by atoms with E-state index in [1.807, 2.05) is 7.05 Å². The molecule has 2 N–H and O–H groups in total. The summed E-state index contributed by atoms with van der Waals surface area (Å²) in [5.41, 5.74) is 0.791. The first kappa shape index (κ1) is 11.9. The van der Waals surface area contributed by atoms with E-state index in [0.717, 1.165) is 5.69 Å². The van der Waals surface area contributed by atoms with Gasteiger partial charge >= 0.3 is 6.09 Å². The number of likely N-dealkylation sites (tertiary alicyclic amines) is 1. The Kier molecular flexibility index (Phi) is 3.33. The maximum Gasteiger partial charge on any atom is 0.407 e. The predicted octanol–water partition coefficient (Wildman–Crippen LogP) is 0.844. The van der Waals surface area contributed by atoms with Crippen LogP contribution in [0.15, 0.2) is 12.5 Å². The third-order valence-electron chi connectivity index (χ3n) is 3.41. The van der Waals surface area contributed by atoms with Crippen molar-refractivity contribution in [3.8, 4) is 0 Å². The number of aliphatic hydroxyl groups is 1. The summed E-state index contributed by atoms with van der Waals surface area (Å²) in [6, 6.07) is 0. The molecule has 1 atom stereocenters. The van der Waals surface area contributed by atoms with E-state index in [-0.39, 0.29) is 5.92 Å². The summed E-state index contributed by atoms with van der Waals surface area (Å²) in [4.78, 5) is 16.1. The Morgan fingerprint density at radius 2 is 2.18 bits per heavy atom. The second-order valence-electron chi connectivity index (χ2n) is 4.48. The smallest absolute Gasteiger partial charge is 0.407 e. The Bertz CT molecular complexity index is 396. The van der Waals surface area contributed by atoms with Gasteiger partial charge in [-0.05, 0) is 18.8 Å². The topological polar surface area (TPSA) is 78.6 Å². The highest BCUT2D eigenvalue weighted by Crippen LogP contribution is 2.30. The number of piperidine rings is 1. The van der Waals surface area contributed by atoms with Gasteiger partial charge in [0, 0.05) is 20.1 Å². The summed E-state index contributed by atoms with van der Waals surface area (Å²) >= 11 is 0. The molecular formula is C11H17N3O3. The van der Waals surface area contributed by atoms with E-state index >= 15 is 0 Å². The van der Waals surface area contributed by atoms with Crippen LogP contribution >= 0.6 is 0 Å². The second-order valence-corrected chi connectivity index (χ2v) is 4.48. The van der Waals surface area contributed by atoms with Crippen LogP contribution < -0.4 is 0 Å². The maximum atomic E-state index is 10.8. The monoisotopic (exact) mass is 239 g/mol. The summed E-state index contributed by atoms with van der Waals surface area (Å²) in [6.45, 7) is 0.990. The molecule has 17 heavy (non-hydrogen) atoms. The lowest BCUT2D eigenvalue weighted by Gasteiger charge is -2.32. The zero-order chi connectivity index (χ0) is 12.4. The number of aromatic nitrogens is 2. The van der Waals surface area contributed by atoms with E-state index in [2.05, 4.69) is 4.98 Å². The Labute approximate surface area is 99.5 Å². The molecule has 0 aromatic carbocycles. The average Bonchev–Trinajstić information content (AvgIpc) is 2.74. The van der Waals surface area contributed by atoms with Gasteiger partial charge in [0.25, 0.3) is 0 Å². The minimum atomic E-state index is -0.876. The minimum absolute atomic E-state index is 0.112. The molecular weight excluding hydrogens is 222 g/mol. The highest BCUT2D eigenvalue weighted by atomic mass is 16.4. The maximum absolute atomic E-state index is 10.8. The highest BCUT2D eigenvalue weighted by Gasteiger charge is 2.29. The molecule has 1 aliphatic rings. The minimum Gasteiger partial charge on any atom is -0.465 e.